The zero-order valence-electron chi connectivity index (χ0n) is 19.0. The molecule has 1 saturated heterocycles. The van der Waals surface area contributed by atoms with Crippen LogP contribution in [-0.2, 0) is 0 Å². The molecule has 0 bridgehead atoms. The van der Waals surface area contributed by atoms with Crippen LogP contribution in [0.3, 0.4) is 0 Å². The lowest BCUT2D eigenvalue weighted by Crippen LogP contribution is -2.19. The summed E-state index contributed by atoms with van der Waals surface area (Å²) in [7, 11) is 0. The second kappa shape index (κ2) is 9.73. The third-order valence-corrected chi connectivity index (χ3v) is 5.85. The molecule has 0 spiro atoms. The van der Waals surface area contributed by atoms with E-state index >= 15 is 0 Å². The summed E-state index contributed by atoms with van der Waals surface area (Å²) in [6, 6.07) is 17.8. The third-order valence-electron chi connectivity index (χ3n) is 5.85. The van der Waals surface area contributed by atoms with Crippen LogP contribution in [-0.4, -0.2) is 36.4 Å². The van der Waals surface area contributed by atoms with Gasteiger partial charge in [-0.05, 0) is 88.2 Å². The molecule has 2 aromatic carbocycles. The minimum absolute atomic E-state index is 0.213. The van der Waals surface area contributed by atoms with Crippen LogP contribution in [0.25, 0.3) is 5.69 Å². The molecule has 1 aromatic heterocycles. The fourth-order valence-electron chi connectivity index (χ4n) is 4.20. The molecule has 0 radical (unpaired) electrons. The number of hydrogen-bond acceptors (Lipinski definition) is 4. The normalized spacial score (nSPS) is 13.7. The minimum atomic E-state index is -0.213. The van der Waals surface area contributed by atoms with Crippen LogP contribution in [0.5, 0.6) is 5.75 Å². The Labute approximate surface area is 189 Å². The predicted octanol–water partition coefficient (Wildman–Crippen LogP) is 4.86. The van der Waals surface area contributed by atoms with E-state index in [0.29, 0.717) is 12.2 Å². The van der Waals surface area contributed by atoms with Crippen LogP contribution >= 0.6 is 0 Å². The van der Waals surface area contributed by atoms with Gasteiger partial charge in [0.1, 0.15) is 5.75 Å². The maximum atomic E-state index is 12.5. The van der Waals surface area contributed by atoms with Gasteiger partial charge in [-0.2, -0.15) is 5.10 Å². The van der Waals surface area contributed by atoms with Crippen molar-refractivity contribution in [1.29, 1.82) is 0 Å². The molecule has 166 valence electrons. The summed E-state index contributed by atoms with van der Waals surface area (Å²) in [5.74, 6) is 0.645. The largest absolute Gasteiger partial charge is 0.494 e. The lowest BCUT2D eigenvalue weighted by molar-refractivity contribution is 0.0955. The van der Waals surface area contributed by atoms with Gasteiger partial charge in [0.05, 0.1) is 12.8 Å². The Balaban J connectivity index is 1.42. The molecule has 4 rings (SSSR count). The first-order valence-corrected chi connectivity index (χ1v) is 11.2. The molecule has 1 aliphatic heterocycles. The maximum Gasteiger partial charge on any atom is 0.271 e. The Morgan fingerprint density at radius 2 is 1.69 bits per heavy atom. The number of carbonyl (C=O) groups is 1. The van der Waals surface area contributed by atoms with Gasteiger partial charge in [-0.3, -0.25) is 4.79 Å². The van der Waals surface area contributed by atoms with Crippen molar-refractivity contribution in [3.05, 3.63) is 77.1 Å². The summed E-state index contributed by atoms with van der Waals surface area (Å²) in [4.78, 5) is 14.8. The quantitative estimate of drug-likeness (QED) is 0.430. The van der Waals surface area contributed by atoms with Gasteiger partial charge in [-0.15, -0.1) is 0 Å². The van der Waals surface area contributed by atoms with Gasteiger partial charge in [0, 0.05) is 47.0 Å². The number of aryl methyl sites for hydroxylation is 1. The summed E-state index contributed by atoms with van der Waals surface area (Å²) in [6.45, 7) is 8.90. The second-order valence-corrected chi connectivity index (χ2v) is 8.03. The summed E-state index contributed by atoms with van der Waals surface area (Å²) in [5.41, 5.74) is 8.59. The molecule has 0 aliphatic carbocycles. The van der Waals surface area contributed by atoms with Crippen LogP contribution in [0.15, 0.2) is 59.7 Å². The van der Waals surface area contributed by atoms with E-state index in [1.54, 1.807) is 6.21 Å². The number of rotatable bonds is 7. The minimum Gasteiger partial charge on any atom is -0.494 e. The molecular weight excluding hydrogens is 400 g/mol. The molecule has 6 nitrogen and oxygen atoms in total. The van der Waals surface area contributed by atoms with Crippen molar-refractivity contribution in [3.8, 4) is 11.4 Å². The summed E-state index contributed by atoms with van der Waals surface area (Å²) < 4.78 is 7.70. The molecule has 0 saturated carbocycles. The van der Waals surface area contributed by atoms with E-state index in [2.05, 4.69) is 33.0 Å². The fraction of sp³-hybridized carbons (Fsp3) is 0.308. The average molecular weight is 431 g/mol. The molecule has 1 fully saturated rings. The highest BCUT2D eigenvalue weighted by molar-refractivity contribution is 5.95. The van der Waals surface area contributed by atoms with Crippen LogP contribution < -0.4 is 15.1 Å². The van der Waals surface area contributed by atoms with Crippen molar-refractivity contribution in [2.45, 2.75) is 33.6 Å². The topological polar surface area (TPSA) is 58.9 Å². The molecule has 3 aromatic rings. The van der Waals surface area contributed by atoms with Crippen LogP contribution in [0.2, 0.25) is 0 Å². The first-order valence-electron chi connectivity index (χ1n) is 11.2. The van der Waals surface area contributed by atoms with E-state index in [0.717, 1.165) is 41.5 Å². The van der Waals surface area contributed by atoms with Crippen molar-refractivity contribution in [2.75, 3.05) is 24.6 Å². The van der Waals surface area contributed by atoms with E-state index in [-0.39, 0.29) is 5.91 Å². The molecule has 0 atom stereocenters. The second-order valence-electron chi connectivity index (χ2n) is 8.03. The SMILES string of the molecule is CCOc1ccc(-n2c(C)cc(/C=N\NC(=O)c3ccc(N4CCCC4)cc3)c2C)cc1. The van der Waals surface area contributed by atoms with E-state index in [1.165, 1.54) is 18.5 Å². The molecule has 6 heteroatoms. The highest BCUT2D eigenvalue weighted by Gasteiger charge is 2.13. The Kier molecular flexibility index (Phi) is 6.59. The van der Waals surface area contributed by atoms with Gasteiger partial charge in [0.25, 0.3) is 5.91 Å². The highest BCUT2D eigenvalue weighted by atomic mass is 16.5. The first-order chi connectivity index (χ1) is 15.6. The van der Waals surface area contributed by atoms with E-state index < -0.39 is 0 Å². The standard InChI is InChI=1S/C26H30N4O2/c1-4-32-25-13-11-24(12-14-25)30-19(2)17-22(20(30)3)18-27-28-26(31)21-7-9-23(10-8-21)29-15-5-6-16-29/h7-14,17-18H,4-6,15-16H2,1-3H3,(H,28,31)/b27-18-. The Morgan fingerprint density at radius 1 is 1.03 bits per heavy atom. The zero-order valence-corrected chi connectivity index (χ0v) is 19.0. The molecular formula is C26H30N4O2. The molecule has 1 N–H and O–H groups in total. The number of nitrogens with zero attached hydrogens (tertiary/aromatic N) is 3. The molecule has 1 amide bonds. The van der Waals surface area contributed by atoms with E-state index in [9.17, 15) is 4.79 Å². The van der Waals surface area contributed by atoms with E-state index in [4.69, 9.17) is 4.74 Å². The van der Waals surface area contributed by atoms with Crippen molar-refractivity contribution in [1.82, 2.24) is 9.99 Å². The first kappa shape index (κ1) is 21.7. The molecule has 2 heterocycles. The lowest BCUT2D eigenvalue weighted by atomic mass is 10.2. The van der Waals surface area contributed by atoms with Gasteiger partial charge in [-0.25, -0.2) is 5.43 Å². The summed E-state index contributed by atoms with van der Waals surface area (Å²) in [5, 5.41) is 4.20. The van der Waals surface area contributed by atoms with Gasteiger partial charge >= 0.3 is 0 Å². The number of amides is 1. The van der Waals surface area contributed by atoms with Crippen molar-refractivity contribution in [2.24, 2.45) is 5.10 Å². The third kappa shape index (κ3) is 4.69. The van der Waals surface area contributed by atoms with Gasteiger partial charge in [-0.1, -0.05) is 0 Å². The number of carbonyl (C=O) groups excluding carboxylic acids is 1. The summed E-state index contributed by atoms with van der Waals surface area (Å²) in [6.07, 6.45) is 4.16. The summed E-state index contributed by atoms with van der Waals surface area (Å²) >= 11 is 0. The van der Waals surface area contributed by atoms with Gasteiger partial charge in [0.2, 0.25) is 0 Å². The lowest BCUT2D eigenvalue weighted by Gasteiger charge is -2.17. The van der Waals surface area contributed by atoms with Crippen molar-refractivity contribution >= 4 is 17.8 Å². The van der Waals surface area contributed by atoms with Gasteiger partial charge < -0.3 is 14.2 Å². The predicted molar refractivity (Wildman–Crippen MR) is 129 cm³/mol. The van der Waals surface area contributed by atoms with Crippen molar-refractivity contribution in [3.63, 3.8) is 0 Å². The molecule has 0 unspecified atom stereocenters. The maximum absolute atomic E-state index is 12.5. The average Bonchev–Trinajstić information content (AvgIpc) is 3.43. The number of anilines is 1. The van der Waals surface area contributed by atoms with Gasteiger partial charge in [0.15, 0.2) is 0 Å². The highest BCUT2D eigenvalue weighted by Crippen LogP contribution is 2.22. The number of nitrogens with one attached hydrogen (secondary N) is 1. The zero-order chi connectivity index (χ0) is 22.5. The van der Waals surface area contributed by atoms with E-state index in [1.807, 2.05) is 62.4 Å². The molecule has 1 aliphatic rings. The smallest absolute Gasteiger partial charge is 0.271 e. The Morgan fingerprint density at radius 3 is 2.34 bits per heavy atom. The monoisotopic (exact) mass is 430 g/mol. The number of ether oxygens (including phenoxy) is 1. The number of aromatic nitrogens is 1. The Hall–Kier alpha value is -3.54. The van der Waals surface area contributed by atoms with Crippen LogP contribution in [0, 0.1) is 13.8 Å². The number of benzene rings is 2. The van der Waals surface area contributed by atoms with Crippen molar-refractivity contribution < 1.29 is 9.53 Å². The Bertz CT molecular complexity index is 1090. The number of hydrogen-bond donors (Lipinski definition) is 1. The van der Waals surface area contributed by atoms with Crippen LogP contribution in [0.4, 0.5) is 5.69 Å². The fourth-order valence-corrected chi connectivity index (χ4v) is 4.20. The molecule has 32 heavy (non-hydrogen) atoms. The van der Waals surface area contributed by atoms with Crippen LogP contribution in [0.1, 0.15) is 47.1 Å². The number of hydrazone groups is 1.